The van der Waals surface area contributed by atoms with Gasteiger partial charge in [-0.05, 0) is 43.2 Å². The second-order valence-corrected chi connectivity index (χ2v) is 5.28. The molecule has 0 bridgehead atoms. The van der Waals surface area contributed by atoms with Gasteiger partial charge < -0.3 is 10.6 Å². The summed E-state index contributed by atoms with van der Waals surface area (Å²) in [6, 6.07) is 12.1. The number of aromatic nitrogens is 1. The Balaban J connectivity index is 2.11. The molecule has 0 radical (unpaired) electrons. The van der Waals surface area contributed by atoms with Gasteiger partial charge in [-0.2, -0.15) is 0 Å². The number of anilines is 3. The predicted octanol–water partition coefficient (Wildman–Crippen LogP) is 4.72. The van der Waals surface area contributed by atoms with Crippen molar-refractivity contribution >= 4 is 33.3 Å². The van der Waals surface area contributed by atoms with Gasteiger partial charge in [0.15, 0.2) is 0 Å². The maximum atomic E-state index is 4.52. The van der Waals surface area contributed by atoms with Crippen molar-refractivity contribution in [2.45, 2.75) is 20.3 Å². The van der Waals surface area contributed by atoms with Gasteiger partial charge in [-0.15, -0.1) is 0 Å². The van der Waals surface area contributed by atoms with E-state index in [4.69, 9.17) is 0 Å². The topological polar surface area (TPSA) is 37.0 Å². The fraction of sp³-hybridized carbons (Fsp3) is 0.267. The van der Waals surface area contributed by atoms with E-state index in [0.717, 1.165) is 34.8 Å². The smallest absolute Gasteiger partial charge is 0.132 e. The van der Waals surface area contributed by atoms with Crippen LogP contribution in [0, 0.1) is 6.92 Å². The molecular formula is C15H18BrN3. The molecule has 0 saturated heterocycles. The van der Waals surface area contributed by atoms with Gasteiger partial charge in [0.05, 0.1) is 0 Å². The predicted molar refractivity (Wildman–Crippen MR) is 85.2 cm³/mol. The minimum atomic E-state index is 0.844. The fourth-order valence-electron chi connectivity index (χ4n) is 1.67. The number of nitrogens with one attached hydrogen (secondary N) is 2. The van der Waals surface area contributed by atoms with E-state index in [0.29, 0.717) is 0 Å². The lowest BCUT2D eigenvalue weighted by molar-refractivity contribution is 0.970. The molecule has 0 aliphatic carbocycles. The molecule has 1 heterocycles. The van der Waals surface area contributed by atoms with Gasteiger partial charge in [-0.25, -0.2) is 4.98 Å². The lowest BCUT2D eigenvalue weighted by atomic mass is 10.2. The number of benzene rings is 1. The summed E-state index contributed by atoms with van der Waals surface area (Å²) in [4.78, 5) is 4.52. The van der Waals surface area contributed by atoms with Gasteiger partial charge in [0.1, 0.15) is 11.6 Å². The van der Waals surface area contributed by atoms with Crippen LogP contribution in [0.25, 0.3) is 0 Å². The summed E-state index contributed by atoms with van der Waals surface area (Å²) in [6.07, 6.45) is 1.09. The highest BCUT2D eigenvalue weighted by Gasteiger charge is 2.00. The van der Waals surface area contributed by atoms with E-state index in [1.807, 2.05) is 24.3 Å². The third-order valence-electron chi connectivity index (χ3n) is 2.75. The Bertz CT molecular complexity index is 555. The number of halogens is 1. The minimum Gasteiger partial charge on any atom is -0.370 e. The molecule has 0 fully saturated rings. The van der Waals surface area contributed by atoms with Crippen LogP contribution in [0.15, 0.2) is 40.9 Å². The first-order chi connectivity index (χ1) is 9.19. The summed E-state index contributed by atoms with van der Waals surface area (Å²) < 4.78 is 1.10. The Kier molecular flexibility index (Phi) is 4.80. The summed E-state index contributed by atoms with van der Waals surface area (Å²) in [5, 5.41) is 6.59. The van der Waals surface area contributed by atoms with Crippen LogP contribution in [-0.4, -0.2) is 11.5 Å². The molecule has 0 saturated carbocycles. The maximum absolute atomic E-state index is 4.52. The van der Waals surface area contributed by atoms with Crippen molar-refractivity contribution in [3.05, 3.63) is 46.4 Å². The van der Waals surface area contributed by atoms with E-state index >= 15 is 0 Å². The van der Waals surface area contributed by atoms with E-state index in [1.165, 1.54) is 5.56 Å². The molecule has 0 unspecified atom stereocenters. The van der Waals surface area contributed by atoms with Gasteiger partial charge in [0.2, 0.25) is 0 Å². The van der Waals surface area contributed by atoms with Gasteiger partial charge in [-0.1, -0.05) is 35.0 Å². The first-order valence-corrected chi connectivity index (χ1v) is 7.22. The normalized spacial score (nSPS) is 10.3. The van der Waals surface area contributed by atoms with Crippen molar-refractivity contribution in [1.82, 2.24) is 4.98 Å². The molecule has 0 aliphatic heterocycles. The standard InChI is InChI=1S/C15H18BrN3/c1-3-9-17-14-5-4-6-15(19-14)18-12-8-7-11(2)13(16)10-12/h4-8,10H,3,9H2,1-2H3,(H2,17,18,19). The Hall–Kier alpha value is -1.55. The highest BCUT2D eigenvalue weighted by Crippen LogP contribution is 2.23. The molecule has 0 spiro atoms. The molecule has 0 atom stereocenters. The number of hydrogen-bond donors (Lipinski definition) is 2. The molecule has 0 aliphatic rings. The Labute approximate surface area is 122 Å². The maximum Gasteiger partial charge on any atom is 0.132 e. The Morgan fingerprint density at radius 1 is 1.16 bits per heavy atom. The number of rotatable bonds is 5. The van der Waals surface area contributed by atoms with Gasteiger partial charge in [-0.3, -0.25) is 0 Å². The number of aryl methyl sites for hydroxylation is 1. The Morgan fingerprint density at radius 3 is 2.68 bits per heavy atom. The molecule has 1 aromatic heterocycles. The quantitative estimate of drug-likeness (QED) is 0.837. The zero-order valence-electron chi connectivity index (χ0n) is 11.2. The third kappa shape index (κ3) is 3.96. The van der Waals surface area contributed by atoms with Crippen molar-refractivity contribution in [2.75, 3.05) is 17.2 Å². The summed E-state index contributed by atoms with van der Waals surface area (Å²) in [7, 11) is 0. The van der Waals surface area contributed by atoms with Crippen molar-refractivity contribution < 1.29 is 0 Å². The summed E-state index contributed by atoms with van der Waals surface area (Å²) in [5.41, 5.74) is 2.24. The lowest BCUT2D eigenvalue weighted by Gasteiger charge is -2.09. The molecule has 3 nitrogen and oxygen atoms in total. The monoisotopic (exact) mass is 319 g/mol. The van der Waals surface area contributed by atoms with Crippen LogP contribution in [0.1, 0.15) is 18.9 Å². The zero-order valence-corrected chi connectivity index (χ0v) is 12.8. The summed E-state index contributed by atoms with van der Waals surface area (Å²) in [6.45, 7) is 5.15. The molecule has 100 valence electrons. The van der Waals surface area contributed by atoms with Crippen LogP contribution in [0.4, 0.5) is 17.3 Å². The van der Waals surface area contributed by atoms with Crippen molar-refractivity contribution in [2.24, 2.45) is 0 Å². The second kappa shape index (κ2) is 6.57. The van der Waals surface area contributed by atoms with Crippen LogP contribution in [0.2, 0.25) is 0 Å². The van der Waals surface area contributed by atoms with Crippen LogP contribution in [-0.2, 0) is 0 Å². The van der Waals surface area contributed by atoms with E-state index < -0.39 is 0 Å². The Morgan fingerprint density at radius 2 is 1.95 bits per heavy atom. The van der Waals surface area contributed by atoms with Crippen molar-refractivity contribution in [3.8, 4) is 0 Å². The van der Waals surface area contributed by atoms with Crippen LogP contribution < -0.4 is 10.6 Å². The van der Waals surface area contributed by atoms with Gasteiger partial charge in [0, 0.05) is 16.7 Å². The fourth-order valence-corrected chi connectivity index (χ4v) is 2.05. The molecule has 1 aromatic carbocycles. The molecule has 2 N–H and O–H groups in total. The number of hydrogen-bond acceptors (Lipinski definition) is 3. The van der Waals surface area contributed by atoms with Crippen molar-refractivity contribution in [3.63, 3.8) is 0 Å². The lowest BCUT2D eigenvalue weighted by Crippen LogP contribution is -2.03. The van der Waals surface area contributed by atoms with E-state index in [9.17, 15) is 0 Å². The van der Waals surface area contributed by atoms with Crippen molar-refractivity contribution in [1.29, 1.82) is 0 Å². The van der Waals surface area contributed by atoms with Gasteiger partial charge >= 0.3 is 0 Å². The highest BCUT2D eigenvalue weighted by atomic mass is 79.9. The van der Waals surface area contributed by atoms with Crippen LogP contribution >= 0.6 is 15.9 Å². The number of pyridine rings is 1. The van der Waals surface area contributed by atoms with E-state index in [-0.39, 0.29) is 0 Å². The SMILES string of the molecule is CCCNc1cccc(Nc2ccc(C)c(Br)c2)n1. The van der Waals surface area contributed by atoms with E-state index in [2.05, 4.69) is 57.5 Å². The molecule has 2 rings (SSSR count). The number of nitrogens with zero attached hydrogens (tertiary/aromatic N) is 1. The molecular weight excluding hydrogens is 302 g/mol. The molecule has 4 heteroatoms. The summed E-state index contributed by atoms with van der Waals surface area (Å²) >= 11 is 3.54. The van der Waals surface area contributed by atoms with Gasteiger partial charge in [0.25, 0.3) is 0 Å². The first-order valence-electron chi connectivity index (χ1n) is 6.43. The van der Waals surface area contributed by atoms with Crippen LogP contribution in [0.3, 0.4) is 0 Å². The molecule has 2 aromatic rings. The first kappa shape index (κ1) is 13.9. The summed E-state index contributed by atoms with van der Waals surface area (Å²) in [5.74, 6) is 1.75. The second-order valence-electron chi connectivity index (χ2n) is 4.42. The highest BCUT2D eigenvalue weighted by molar-refractivity contribution is 9.10. The van der Waals surface area contributed by atoms with E-state index in [1.54, 1.807) is 0 Å². The average molecular weight is 320 g/mol. The zero-order chi connectivity index (χ0) is 13.7. The molecule has 19 heavy (non-hydrogen) atoms. The van der Waals surface area contributed by atoms with Crippen LogP contribution in [0.5, 0.6) is 0 Å². The largest absolute Gasteiger partial charge is 0.370 e. The third-order valence-corrected chi connectivity index (χ3v) is 3.60. The molecule has 0 amide bonds. The minimum absolute atomic E-state index is 0.844. The average Bonchev–Trinajstić information content (AvgIpc) is 2.41.